The largest absolute Gasteiger partial charge is 0.508 e. The van der Waals surface area contributed by atoms with E-state index in [2.05, 4.69) is 5.32 Å². The first-order valence-corrected chi connectivity index (χ1v) is 11.2. The van der Waals surface area contributed by atoms with Crippen LogP contribution < -0.4 is 16.0 Å². The van der Waals surface area contributed by atoms with Gasteiger partial charge in [0.15, 0.2) is 0 Å². The van der Waals surface area contributed by atoms with E-state index in [1.54, 1.807) is 50.2 Å². The number of aryl methyl sites for hydroxylation is 1. The van der Waals surface area contributed by atoms with E-state index in [-0.39, 0.29) is 24.0 Å². The highest BCUT2D eigenvalue weighted by Gasteiger charge is 2.37. The third kappa shape index (κ3) is 4.37. The number of imide groups is 1. The van der Waals surface area contributed by atoms with Crippen molar-refractivity contribution >= 4 is 29.1 Å². The molecular weight excluding hydrogens is 430 g/mol. The third-order valence-electron chi connectivity index (χ3n) is 6.12. The van der Waals surface area contributed by atoms with Crippen LogP contribution in [0.3, 0.4) is 0 Å². The first-order valence-electron chi connectivity index (χ1n) is 11.2. The Hall–Kier alpha value is -4.13. The fraction of sp³-hybridized carbons (Fsp3) is 0.222. The molecule has 7 nitrogen and oxygen atoms in total. The molecule has 4 N–H and O–H groups in total. The van der Waals surface area contributed by atoms with Gasteiger partial charge in [-0.05, 0) is 61.2 Å². The number of aromatic hydroxyl groups is 1. The van der Waals surface area contributed by atoms with E-state index in [1.165, 1.54) is 0 Å². The number of carbonyl (C=O) groups excluding carboxylic acids is 3. The summed E-state index contributed by atoms with van der Waals surface area (Å²) in [7, 11) is 0. The Bertz CT molecular complexity index is 1270. The molecule has 7 heteroatoms. The van der Waals surface area contributed by atoms with Crippen molar-refractivity contribution in [3.05, 3.63) is 77.9 Å². The highest BCUT2D eigenvalue weighted by molar-refractivity contribution is 6.22. The average molecular weight is 458 g/mol. The van der Waals surface area contributed by atoms with Crippen molar-refractivity contribution in [3.63, 3.8) is 0 Å². The van der Waals surface area contributed by atoms with E-state index in [4.69, 9.17) is 5.73 Å². The smallest absolute Gasteiger partial charge is 0.256 e. The number of fused-ring (bicyclic) bond motifs is 3. The Kier molecular flexibility index (Phi) is 6.36. The molecule has 3 aromatic rings. The first-order chi connectivity index (χ1) is 16.3. The van der Waals surface area contributed by atoms with Crippen molar-refractivity contribution in [2.75, 3.05) is 10.6 Å². The fourth-order valence-electron chi connectivity index (χ4n) is 4.35. The number of benzene rings is 3. The third-order valence-corrected chi connectivity index (χ3v) is 6.12. The van der Waals surface area contributed by atoms with Gasteiger partial charge < -0.3 is 16.2 Å². The van der Waals surface area contributed by atoms with Crippen LogP contribution in [0.4, 0.5) is 11.4 Å². The lowest BCUT2D eigenvalue weighted by molar-refractivity contribution is -0.131. The van der Waals surface area contributed by atoms with E-state index in [0.717, 1.165) is 21.6 Å². The second-order valence-corrected chi connectivity index (χ2v) is 8.52. The SMILES string of the molecule is CC1C(=O)N(C(=O)[C@H](C)NC(=O)CCc2cccc(O)c2)c2cccc(N)c2-c2ccccc21. The minimum Gasteiger partial charge on any atom is -0.508 e. The van der Waals surface area contributed by atoms with Gasteiger partial charge in [-0.15, -0.1) is 0 Å². The summed E-state index contributed by atoms with van der Waals surface area (Å²) >= 11 is 0. The van der Waals surface area contributed by atoms with Crippen molar-refractivity contribution in [2.24, 2.45) is 0 Å². The zero-order valence-electron chi connectivity index (χ0n) is 19.1. The van der Waals surface area contributed by atoms with Gasteiger partial charge in [0.1, 0.15) is 11.8 Å². The van der Waals surface area contributed by atoms with Crippen LogP contribution in [0, 0.1) is 0 Å². The topological polar surface area (TPSA) is 113 Å². The van der Waals surface area contributed by atoms with Crippen LogP contribution in [-0.4, -0.2) is 28.9 Å². The van der Waals surface area contributed by atoms with Crippen molar-refractivity contribution in [3.8, 4) is 16.9 Å². The van der Waals surface area contributed by atoms with Crippen LogP contribution in [-0.2, 0) is 20.8 Å². The summed E-state index contributed by atoms with van der Waals surface area (Å²) in [5, 5.41) is 12.3. The summed E-state index contributed by atoms with van der Waals surface area (Å²) in [6.07, 6.45) is 0.551. The van der Waals surface area contributed by atoms with Crippen LogP contribution >= 0.6 is 0 Å². The van der Waals surface area contributed by atoms with Gasteiger partial charge in [0.05, 0.1) is 11.6 Å². The molecular formula is C27H27N3O4. The number of nitrogen functional groups attached to an aromatic ring is 1. The molecule has 0 aliphatic carbocycles. The summed E-state index contributed by atoms with van der Waals surface area (Å²) in [6, 6.07) is 18.4. The number of carbonyl (C=O) groups is 3. The molecule has 3 aromatic carbocycles. The molecule has 1 aliphatic rings. The normalized spacial score (nSPS) is 15.6. The Balaban J connectivity index is 1.58. The molecule has 1 heterocycles. The van der Waals surface area contributed by atoms with E-state index in [0.29, 0.717) is 23.4 Å². The predicted octanol–water partition coefficient (Wildman–Crippen LogP) is 3.76. The minimum absolute atomic E-state index is 0.134. The lowest BCUT2D eigenvalue weighted by atomic mass is 9.92. The molecule has 1 aliphatic heterocycles. The molecule has 0 radical (unpaired) electrons. The summed E-state index contributed by atoms with van der Waals surface area (Å²) in [4.78, 5) is 40.7. The second kappa shape index (κ2) is 9.39. The number of rotatable bonds is 5. The Morgan fingerprint density at radius 2 is 1.82 bits per heavy atom. The van der Waals surface area contributed by atoms with Gasteiger partial charge in [-0.3, -0.25) is 14.4 Å². The van der Waals surface area contributed by atoms with Crippen LogP contribution in [0.1, 0.15) is 37.3 Å². The number of hydrogen-bond donors (Lipinski definition) is 3. The molecule has 0 aromatic heterocycles. The number of phenolic OH excluding ortho intramolecular Hbond substituents is 1. The molecule has 2 atom stereocenters. The summed E-state index contributed by atoms with van der Waals surface area (Å²) < 4.78 is 0. The van der Waals surface area contributed by atoms with Crippen molar-refractivity contribution in [2.45, 2.75) is 38.6 Å². The van der Waals surface area contributed by atoms with Crippen LogP contribution in [0.25, 0.3) is 11.1 Å². The molecule has 174 valence electrons. The Labute approximate surface area is 198 Å². The Morgan fingerprint density at radius 3 is 2.59 bits per heavy atom. The minimum atomic E-state index is -0.927. The number of nitrogens with two attached hydrogens (primary N) is 1. The summed E-state index contributed by atoms with van der Waals surface area (Å²) in [5.41, 5.74) is 10.2. The zero-order chi connectivity index (χ0) is 24.4. The van der Waals surface area contributed by atoms with Gasteiger partial charge in [0.2, 0.25) is 11.8 Å². The first kappa shape index (κ1) is 23.0. The lowest BCUT2D eigenvalue weighted by Gasteiger charge is -2.26. The maximum absolute atomic E-state index is 13.5. The van der Waals surface area contributed by atoms with Gasteiger partial charge in [0.25, 0.3) is 5.91 Å². The van der Waals surface area contributed by atoms with E-state index in [1.807, 2.05) is 30.3 Å². The molecule has 34 heavy (non-hydrogen) atoms. The molecule has 4 rings (SSSR count). The molecule has 3 amide bonds. The van der Waals surface area contributed by atoms with Gasteiger partial charge in [-0.1, -0.05) is 42.5 Å². The van der Waals surface area contributed by atoms with Gasteiger partial charge in [-0.25, -0.2) is 4.90 Å². The van der Waals surface area contributed by atoms with E-state index < -0.39 is 17.9 Å². The molecule has 0 saturated carbocycles. The maximum Gasteiger partial charge on any atom is 0.256 e. The number of amides is 3. The van der Waals surface area contributed by atoms with Crippen LogP contribution in [0.15, 0.2) is 66.7 Å². The molecule has 0 bridgehead atoms. The standard InChI is InChI=1S/C27H27N3O4/c1-16-20-9-3-4-10-21(20)25-22(28)11-6-12-23(25)30(26(16)33)27(34)17(2)29-24(32)14-13-18-7-5-8-19(31)15-18/h3-12,15-17,31H,13-14,28H2,1-2H3,(H,29,32)/t16?,17-/m0/s1. The molecule has 0 saturated heterocycles. The molecule has 1 unspecified atom stereocenters. The lowest BCUT2D eigenvalue weighted by Crippen LogP contribution is -2.50. The summed E-state index contributed by atoms with van der Waals surface area (Å²) in [5.74, 6) is -1.66. The quantitative estimate of drug-likeness (QED) is 0.505. The van der Waals surface area contributed by atoms with Gasteiger partial charge >= 0.3 is 0 Å². The number of hydrogen-bond acceptors (Lipinski definition) is 5. The molecule has 0 spiro atoms. The average Bonchev–Trinajstić information content (AvgIpc) is 2.91. The predicted molar refractivity (Wildman–Crippen MR) is 131 cm³/mol. The van der Waals surface area contributed by atoms with E-state index in [9.17, 15) is 19.5 Å². The number of phenols is 1. The number of nitrogens with one attached hydrogen (secondary N) is 1. The fourth-order valence-corrected chi connectivity index (χ4v) is 4.35. The maximum atomic E-state index is 13.5. The molecule has 0 fully saturated rings. The number of anilines is 2. The van der Waals surface area contributed by atoms with Crippen LogP contribution in [0.2, 0.25) is 0 Å². The zero-order valence-corrected chi connectivity index (χ0v) is 19.1. The monoisotopic (exact) mass is 457 g/mol. The van der Waals surface area contributed by atoms with Crippen molar-refractivity contribution < 1.29 is 19.5 Å². The number of nitrogens with zero attached hydrogens (tertiary/aromatic N) is 1. The van der Waals surface area contributed by atoms with Gasteiger partial charge in [0, 0.05) is 17.7 Å². The van der Waals surface area contributed by atoms with Gasteiger partial charge in [-0.2, -0.15) is 0 Å². The van der Waals surface area contributed by atoms with Crippen LogP contribution in [0.5, 0.6) is 5.75 Å². The highest BCUT2D eigenvalue weighted by Crippen LogP contribution is 2.44. The highest BCUT2D eigenvalue weighted by atomic mass is 16.3. The Morgan fingerprint density at radius 1 is 1.09 bits per heavy atom. The van der Waals surface area contributed by atoms with Crippen molar-refractivity contribution in [1.29, 1.82) is 0 Å². The summed E-state index contributed by atoms with van der Waals surface area (Å²) in [6.45, 7) is 3.33. The van der Waals surface area contributed by atoms with E-state index >= 15 is 0 Å². The second-order valence-electron chi connectivity index (χ2n) is 8.52. The van der Waals surface area contributed by atoms with Crippen molar-refractivity contribution in [1.82, 2.24) is 5.32 Å².